The molecule has 0 aliphatic heterocycles. The Hall–Kier alpha value is -0.940. The fourth-order valence-corrected chi connectivity index (χ4v) is 1.06. The van der Waals surface area contributed by atoms with Gasteiger partial charge in [-0.3, -0.25) is 0 Å². The number of hydrogen-bond donors (Lipinski definition) is 2. The molecule has 80 valence electrons. The first-order valence-corrected chi connectivity index (χ1v) is 4.19. The van der Waals surface area contributed by atoms with E-state index in [0.717, 1.165) is 5.56 Å². The molecule has 3 N–H and O–H groups in total. The summed E-state index contributed by atoms with van der Waals surface area (Å²) in [6.07, 6.45) is 0. The molecular formula is C9H13F2NO2. The smallest absolute Gasteiger partial charge is 0.292 e. The zero-order chi connectivity index (χ0) is 10.9. The lowest BCUT2D eigenvalue weighted by molar-refractivity contribution is -0.0756. The molecule has 0 amide bonds. The number of aryl methyl sites for hydroxylation is 2. The predicted molar refractivity (Wildman–Crippen MR) is 47.1 cm³/mol. The van der Waals surface area contributed by atoms with E-state index in [1.165, 1.54) is 6.07 Å². The van der Waals surface area contributed by atoms with Crippen LogP contribution in [0.1, 0.15) is 23.1 Å². The monoisotopic (exact) mass is 205 g/mol. The van der Waals surface area contributed by atoms with Crippen molar-refractivity contribution in [3.05, 3.63) is 23.2 Å². The number of aliphatic hydroxyl groups excluding tert-OH is 1. The van der Waals surface area contributed by atoms with Gasteiger partial charge >= 0.3 is 0 Å². The van der Waals surface area contributed by atoms with Crippen molar-refractivity contribution in [1.82, 2.24) is 0 Å². The van der Waals surface area contributed by atoms with Crippen molar-refractivity contribution in [3.8, 4) is 0 Å². The van der Waals surface area contributed by atoms with Gasteiger partial charge in [-0.05, 0) is 25.5 Å². The number of hydrogen-bond acceptors (Lipinski definition) is 3. The first kappa shape index (κ1) is 11.1. The maximum Gasteiger partial charge on any atom is 0.292 e. The van der Waals surface area contributed by atoms with Gasteiger partial charge in [-0.25, -0.2) is 8.78 Å². The Morgan fingerprint density at radius 3 is 2.50 bits per heavy atom. The van der Waals surface area contributed by atoms with E-state index in [1.807, 2.05) is 0 Å². The van der Waals surface area contributed by atoms with Crippen molar-refractivity contribution < 1.29 is 18.3 Å². The third kappa shape index (κ3) is 1.93. The first-order chi connectivity index (χ1) is 6.38. The van der Waals surface area contributed by atoms with E-state index in [0.29, 0.717) is 5.76 Å². The maximum absolute atomic E-state index is 12.9. The van der Waals surface area contributed by atoms with Crippen molar-refractivity contribution in [2.45, 2.75) is 25.8 Å². The van der Waals surface area contributed by atoms with E-state index in [1.54, 1.807) is 13.8 Å². The van der Waals surface area contributed by atoms with Crippen LogP contribution in [0.3, 0.4) is 0 Å². The van der Waals surface area contributed by atoms with Crippen LogP contribution < -0.4 is 5.73 Å². The Balaban J connectivity index is 2.94. The van der Waals surface area contributed by atoms with Crippen LogP contribution in [0, 0.1) is 13.8 Å². The van der Waals surface area contributed by atoms with Gasteiger partial charge in [0, 0.05) is 0 Å². The van der Waals surface area contributed by atoms with E-state index < -0.39 is 18.6 Å². The Labute approximate surface area is 80.5 Å². The van der Waals surface area contributed by atoms with Crippen molar-refractivity contribution in [2.24, 2.45) is 5.73 Å². The molecule has 0 radical (unpaired) electrons. The second kappa shape index (κ2) is 3.67. The summed E-state index contributed by atoms with van der Waals surface area (Å²) in [5.41, 5.74) is 6.03. The molecule has 0 unspecified atom stereocenters. The van der Waals surface area contributed by atoms with Crippen molar-refractivity contribution in [1.29, 1.82) is 0 Å². The minimum atomic E-state index is -3.35. The molecule has 1 rings (SSSR count). The van der Waals surface area contributed by atoms with Gasteiger partial charge in [-0.15, -0.1) is 0 Å². The molecule has 0 aliphatic rings. The third-order valence-corrected chi connectivity index (χ3v) is 2.16. The van der Waals surface area contributed by atoms with Gasteiger partial charge in [0.05, 0.1) is 0 Å². The summed E-state index contributed by atoms with van der Waals surface area (Å²) < 4.78 is 30.9. The van der Waals surface area contributed by atoms with E-state index in [2.05, 4.69) is 0 Å². The Bertz CT molecular complexity index is 303. The fraction of sp³-hybridized carbons (Fsp3) is 0.556. The average molecular weight is 205 g/mol. The predicted octanol–water partition coefficient (Wildman–Crippen LogP) is 1.52. The highest BCUT2D eigenvalue weighted by Gasteiger charge is 2.39. The fourth-order valence-electron chi connectivity index (χ4n) is 1.06. The highest BCUT2D eigenvalue weighted by molar-refractivity contribution is 5.21. The molecule has 0 aliphatic carbocycles. The van der Waals surface area contributed by atoms with Gasteiger partial charge in [0.2, 0.25) is 0 Å². The van der Waals surface area contributed by atoms with Gasteiger partial charge in [0.25, 0.3) is 5.92 Å². The van der Waals surface area contributed by atoms with Gasteiger partial charge in [0.15, 0.2) is 0 Å². The summed E-state index contributed by atoms with van der Waals surface area (Å²) in [5, 5.41) is 8.43. The lowest BCUT2D eigenvalue weighted by atomic mass is 10.1. The van der Waals surface area contributed by atoms with Crippen LogP contribution >= 0.6 is 0 Å². The molecule has 1 aromatic rings. The van der Waals surface area contributed by atoms with Gasteiger partial charge in [-0.1, -0.05) is 0 Å². The molecule has 0 saturated carbocycles. The molecule has 0 fully saturated rings. The van der Waals surface area contributed by atoms with Crippen LogP contribution in [-0.2, 0) is 0 Å². The molecule has 5 heteroatoms. The molecule has 1 heterocycles. The van der Waals surface area contributed by atoms with Gasteiger partial charge in [0.1, 0.15) is 24.2 Å². The van der Waals surface area contributed by atoms with Gasteiger partial charge < -0.3 is 15.3 Å². The van der Waals surface area contributed by atoms with Crippen LogP contribution in [-0.4, -0.2) is 17.6 Å². The third-order valence-electron chi connectivity index (χ3n) is 2.16. The summed E-state index contributed by atoms with van der Waals surface area (Å²) in [6.45, 7) is 2.13. The lowest BCUT2D eigenvalue weighted by Crippen LogP contribution is -2.35. The lowest BCUT2D eigenvalue weighted by Gasteiger charge is -2.18. The number of nitrogens with two attached hydrogens (primary N) is 1. The van der Waals surface area contributed by atoms with Crippen LogP contribution in [0.2, 0.25) is 0 Å². The summed E-state index contributed by atoms with van der Waals surface area (Å²) in [4.78, 5) is 0. The standard InChI is InChI=1S/C9H13F2NO2/c1-5-3-7(14-6(5)2)8(12)9(10,11)4-13/h3,8,13H,4,12H2,1-2H3/t8-/m1/s1. The van der Waals surface area contributed by atoms with Crippen LogP contribution in [0.25, 0.3) is 0 Å². The van der Waals surface area contributed by atoms with Crippen LogP contribution in [0.15, 0.2) is 10.5 Å². The van der Waals surface area contributed by atoms with E-state index in [4.69, 9.17) is 15.3 Å². The maximum atomic E-state index is 12.9. The van der Waals surface area contributed by atoms with Gasteiger partial charge in [-0.2, -0.15) is 0 Å². The molecule has 0 bridgehead atoms. The molecule has 1 aromatic heterocycles. The molecule has 0 spiro atoms. The zero-order valence-electron chi connectivity index (χ0n) is 8.05. The Kier molecular flexibility index (Phi) is 2.92. The number of alkyl halides is 2. The summed E-state index contributed by atoms with van der Waals surface area (Å²) in [6, 6.07) is -0.135. The molecule has 0 saturated heterocycles. The largest absolute Gasteiger partial charge is 0.464 e. The second-order valence-electron chi connectivity index (χ2n) is 3.28. The minimum Gasteiger partial charge on any atom is -0.464 e. The SMILES string of the molecule is Cc1cc([C@@H](N)C(F)(F)CO)oc1C. The summed E-state index contributed by atoms with van der Waals surface area (Å²) >= 11 is 0. The summed E-state index contributed by atoms with van der Waals surface area (Å²) in [5.74, 6) is -2.79. The Morgan fingerprint density at radius 1 is 1.57 bits per heavy atom. The normalized spacial score (nSPS) is 14.4. The van der Waals surface area contributed by atoms with Crippen LogP contribution in [0.4, 0.5) is 8.78 Å². The van der Waals surface area contributed by atoms with Crippen molar-refractivity contribution in [2.75, 3.05) is 6.61 Å². The molecule has 14 heavy (non-hydrogen) atoms. The second-order valence-corrected chi connectivity index (χ2v) is 3.28. The summed E-state index contributed by atoms with van der Waals surface area (Å²) in [7, 11) is 0. The highest BCUT2D eigenvalue weighted by Crippen LogP contribution is 2.30. The zero-order valence-corrected chi connectivity index (χ0v) is 8.05. The van der Waals surface area contributed by atoms with E-state index in [-0.39, 0.29) is 5.76 Å². The van der Waals surface area contributed by atoms with E-state index in [9.17, 15) is 8.78 Å². The number of rotatable bonds is 3. The quantitative estimate of drug-likeness (QED) is 0.786. The topological polar surface area (TPSA) is 59.4 Å². The van der Waals surface area contributed by atoms with Crippen LogP contribution in [0.5, 0.6) is 0 Å². The molecule has 3 nitrogen and oxygen atoms in total. The molecular weight excluding hydrogens is 192 g/mol. The molecule has 0 aromatic carbocycles. The highest BCUT2D eigenvalue weighted by atomic mass is 19.3. The minimum absolute atomic E-state index is 0.000880. The number of aliphatic hydroxyl groups is 1. The number of halogens is 2. The van der Waals surface area contributed by atoms with Crippen molar-refractivity contribution in [3.63, 3.8) is 0 Å². The average Bonchev–Trinajstić information content (AvgIpc) is 2.45. The molecule has 1 atom stereocenters. The van der Waals surface area contributed by atoms with E-state index >= 15 is 0 Å². The first-order valence-electron chi connectivity index (χ1n) is 4.19. The van der Waals surface area contributed by atoms with Crippen molar-refractivity contribution >= 4 is 0 Å². The number of furan rings is 1. The Morgan fingerprint density at radius 2 is 2.14 bits per heavy atom.